The third kappa shape index (κ3) is 4.05. The summed E-state index contributed by atoms with van der Waals surface area (Å²) in [7, 11) is 1.57. The van der Waals surface area contributed by atoms with Gasteiger partial charge in [0, 0.05) is 32.2 Å². The van der Waals surface area contributed by atoms with Crippen LogP contribution in [0.5, 0.6) is 0 Å². The Labute approximate surface area is 121 Å². The first kappa shape index (κ1) is 16.7. The predicted molar refractivity (Wildman–Crippen MR) is 75.4 cm³/mol. The average Bonchev–Trinajstić information content (AvgIpc) is 2.39. The van der Waals surface area contributed by atoms with Gasteiger partial charge in [-0.3, -0.25) is 4.79 Å². The molecule has 2 fully saturated rings. The SMILES string of the molecule is COCC(N)C(=O)N1CCCC2(CCCOC2)C1.Cl. The van der Waals surface area contributed by atoms with Gasteiger partial charge in [-0.15, -0.1) is 12.4 Å². The molecular formula is C13H25ClN2O3. The van der Waals surface area contributed by atoms with Crippen molar-refractivity contribution in [3.05, 3.63) is 0 Å². The summed E-state index contributed by atoms with van der Waals surface area (Å²) in [5.41, 5.74) is 6.01. The normalized spacial score (nSPS) is 28.8. The van der Waals surface area contributed by atoms with Crippen LogP contribution in [0.25, 0.3) is 0 Å². The van der Waals surface area contributed by atoms with Crippen LogP contribution in [-0.2, 0) is 14.3 Å². The van der Waals surface area contributed by atoms with Gasteiger partial charge in [0.1, 0.15) is 6.04 Å². The van der Waals surface area contributed by atoms with E-state index in [9.17, 15) is 4.79 Å². The number of likely N-dealkylation sites (tertiary alicyclic amines) is 1. The zero-order chi connectivity index (χ0) is 13.0. The number of amides is 1. The summed E-state index contributed by atoms with van der Waals surface area (Å²) in [4.78, 5) is 14.1. The second-order valence-corrected chi connectivity index (χ2v) is 5.58. The monoisotopic (exact) mass is 292 g/mol. The van der Waals surface area contributed by atoms with Crippen molar-refractivity contribution in [3.8, 4) is 0 Å². The van der Waals surface area contributed by atoms with Gasteiger partial charge in [-0.05, 0) is 25.7 Å². The largest absolute Gasteiger partial charge is 0.383 e. The molecule has 0 bridgehead atoms. The van der Waals surface area contributed by atoms with E-state index in [4.69, 9.17) is 15.2 Å². The van der Waals surface area contributed by atoms with Crippen molar-refractivity contribution >= 4 is 18.3 Å². The van der Waals surface area contributed by atoms with E-state index in [0.717, 1.165) is 52.0 Å². The van der Waals surface area contributed by atoms with Gasteiger partial charge in [-0.1, -0.05) is 0 Å². The molecule has 0 aromatic heterocycles. The Kier molecular flexibility index (Phi) is 6.53. The van der Waals surface area contributed by atoms with Crippen LogP contribution < -0.4 is 5.73 Å². The number of ether oxygens (including phenoxy) is 2. The molecule has 2 atom stereocenters. The molecule has 6 heteroatoms. The Hall–Kier alpha value is -0.360. The molecule has 0 aromatic rings. The van der Waals surface area contributed by atoms with Crippen molar-refractivity contribution in [2.75, 3.05) is 40.0 Å². The molecule has 1 amide bonds. The molecule has 0 aliphatic carbocycles. The number of rotatable bonds is 3. The van der Waals surface area contributed by atoms with E-state index in [-0.39, 0.29) is 23.7 Å². The number of nitrogens with zero attached hydrogens (tertiary/aromatic N) is 1. The van der Waals surface area contributed by atoms with Crippen molar-refractivity contribution in [2.24, 2.45) is 11.1 Å². The van der Waals surface area contributed by atoms with Crippen LogP contribution in [0.1, 0.15) is 25.7 Å². The van der Waals surface area contributed by atoms with Crippen LogP contribution >= 0.6 is 12.4 Å². The van der Waals surface area contributed by atoms with Crippen LogP contribution in [0.3, 0.4) is 0 Å². The zero-order valence-electron chi connectivity index (χ0n) is 11.6. The number of hydrogen-bond donors (Lipinski definition) is 1. The molecule has 0 saturated carbocycles. The summed E-state index contributed by atoms with van der Waals surface area (Å²) in [5, 5.41) is 0. The molecular weight excluding hydrogens is 268 g/mol. The molecule has 0 aromatic carbocycles. The predicted octanol–water partition coefficient (Wildman–Crippen LogP) is 0.801. The average molecular weight is 293 g/mol. The molecule has 112 valence electrons. The summed E-state index contributed by atoms with van der Waals surface area (Å²) in [5.74, 6) is 0.0153. The van der Waals surface area contributed by atoms with E-state index in [2.05, 4.69) is 0 Å². The smallest absolute Gasteiger partial charge is 0.241 e. The maximum Gasteiger partial charge on any atom is 0.241 e. The molecule has 2 heterocycles. The number of carbonyl (C=O) groups is 1. The summed E-state index contributed by atoms with van der Waals surface area (Å²) >= 11 is 0. The third-order valence-electron chi connectivity index (χ3n) is 4.04. The van der Waals surface area contributed by atoms with Gasteiger partial charge in [0.25, 0.3) is 0 Å². The fourth-order valence-electron chi connectivity index (χ4n) is 3.11. The second kappa shape index (κ2) is 7.43. The number of piperidine rings is 1. The molecule has 2 aliphatic rings. The van der Waals surface area contributed by atoms with Gasteiger partial charge < -0.3 is 20.1 Å². The number of carbonyl (C=O) groups excluding carboxylic acids is 1. The molecule has 19 heavy (non-hydrogen) atoms. The third-order valence-corrected chi connectivity index (χ3v) is 4.04. The van der Waals surface area contributed by atoms with Gasteiger partial charge in [0.15, 0.2) is 0 Å². The highest BCUT2D eigenvalue weighted by atomic mass is 35.5. The summed E-state index contributed by atoms with van der Waals surface area (Å²) < 4.78 is 10.6. The minimum absolute atomic E-state index is 0. The number of halogens is 1. The van der Waals surface area contributed by atoms with Gasteiger partial charge in [0.05, 0.1) is 13.2 Å². The Bertz CT molecular complexity index is 290. The lowest BCUT2D eigenvalue weighted by molar-refractivity contribution is -0.140. The topological polar surface area (TPSA) is 64.8 Å². The molecule has 2 rings (SSSR count). The summed E-state index contributed by atoms with van der Waals surface area (Å²) in [6.45, 7) is 3.55. The first-order chi connectivity index (χ1) is 8.67. The highest BCUT2D eigenvalue weighted by molar-refractivity contribution is 5.85. The number of hydrogen-bond acceptors (Lipinski definition) is 4. The standard InChI is InChI=1S/C13H24N2O3.ClH/c1-17-8-11(14)12(16)15-6-2-4-13(9-15)5-3-7-18-10-13;/h11H,2-10,14H2,1H3;1H. The summed E-state index contributed by atoms with van der Waals surface area (Å²) in [6, 6.07) is -0.533. The van der Waals surface area contributed by atoms with Crippen LogP contribution in [0.4, 0.5) is 0 Å². The fraction of sp³-hybridized carbons (Fsp3) is 0.923. The number of nitrogens with two attached hydrogens (primary N) is 1. The molecule has 2 aliphatic heterocycles. The molecule has 2 N–H and O–H groups in total. The quantitative estimate of drug-likeness (QED) is 0.836. The minimum Gasteiger partial charge on any atom is -0.383 e. The first-order valence-corrected chi connectivity index (χ1v) is 6.78. The summed E-state index contributed by atoms with van der Waals surface area (Å²) in [6.07, 6.45) is 4.48. The van der Waals surface area contributed by atoms with Gasteiger partial charge in [0.2, 0.25) is 5.91 Å². The van der Waals surface area contributed by atoms with E-state index in [0.29, 0.717) is 6.61 Å². The van der Waals surface area contributed by atoms with Crippen molar-refractivity contribution in [3.63, 3.8) is 0 Å². The van der Waals surface area contributed by atoms with Crippen LogP contribution in [0, 0.1) is 5.41 Å². The lowest BCUT2D eigenvalue weighted by atomic mass is 9.76. The van der Waals surface area contributed by atoms with E-state index in [1.54, 1.807) is 7.11 Å². The highest BCUT2D eigenvalue weighted by Crippen LogP contribution is 2.37. The van der Waals surface area contributed by atoms with Gasteiger partial charge >= 0.3 is 0 Å². The maximum absolute atomic E-state index is 12.2. The van der Waals surface area contributed by atoms with E-state index in [1.807, 2.05) is 4.90 Å². The molecule has 2 saturated heterocycles. The lowest BCUT2D eigenvalue weighted by Crippen LogP contribution is -2.54. The molecule has 5 nitrogen and oxygen atoms in total. The number of methoxy groups -OCH3 is 1. The molecule has 1 spiro atoms. The second-order valence-electron chi connectivity index (χ2n) is 5.58. The van der Waals surface area contributed by atoms with Crippen molar-refractivity contribution in [2.45, 2.75) is 31.7 Å². The van der Waals surface area contributed by atoms with Crippen LogP contribution in [0.15, 0.2) is 0 Å². The first-order valence-electron chi connectivity index (χ1n) is 6.78. The minimum atomic E-state index is -0.533. The Morgan fingerprint density at radius 3 is 2.84 bits per heavy atom. The van der Waals surface area contributed by atoms with Crippen LogP contribution in [-0.4, -0.2) is 56.9 Å². The van der Waals surface area contributed by atoms with Crippen molar-refractivity contribution in [1.29, 1.82) is 0 Å². The van der Waals surface area contributed by atoms with Gasteiger partial charge in [-0.2, -0.15) is 0 Å². The van der Waals surface area contributed by atoms with E-state index < -0.39 is 6.04 Å². The van der Waals surface area contributed by atoms with Crippen molar-refractivity contribution in [1.82, 2.24) is 4.90 Å². The van der Waals surface area contributed by atoms with E-state index >= 15 is 0 Å². The Balaban J connectivity index is 0.00000180. The molecule has 2 unspecified atom stereocenters. The Morgan fingerprint density at radius 1 is 1.47 bits per heavy atom. The van der Waals surface area contributed by atoms with Crippen LogP contribution in [0.2, 0.25) is 0 Å². The molecule has 0 radical (unpaired) electrons. The Morgan fingerprint density at radius 2 is 2.21 bits per heavy atom. The highest BCUT2D eigenvalue weighted by Gasteiger charge is 2.39. The van der Waals surface area contributed by atoms with Crippen molar-refractivity contribution < 1.29 is 14.3 Å². The maximum atomic E-state index is 12.2. The van der Waals surface area contributed by atoms with Gasteiger partial charge in [-0.25, -0.2) is 0 Å². The fourth-order valence-corrected chi connectivity index (χ4v) is 3.11. The lowest BCUT2D eigenvalue weighted by Gasteiger charge is -2.45. The van der Waals surface area contributed by atoms with E-state index in [1.165, 1.54) is 0 Å². The zero-order valence-corrected chi connectivity index (χ0v) is 12.4.